The van der Waals surface area contributed by atoms with Crippen LogP contribution in [0.4, 0.5) is 0 Å². The van der Waals surface area contributed by atoms with Gasteiger partial charge in [0.15, 0.2) is 11.5 Å². The van der Waals surface area contributed by atoms with Crippen LogP contribution in [0.1, 0.15) is 31.1 Å². The van der Waals surface area contributed by atoms with Gasteiger partial charge in [0.05, 0.1) is 25.5 Å². The first-order chi connectivity index (χ1) is 15.6. The lowest BCUT2D eigenvalue weighted by atomic mass is 10.1. The molecule has 0 saturated heterocycles. The van der Waals surface area contributed by atoms with Gasteiger partial charge in [0.2, 0.25) is 0 Å². The summed E-state index contributed by atoms with van der Waals surface area (Å²) < 4.78 is 17.7. The van der Waals surface area contributed by atoms with Crippen LogP contribution in [0.3, 0.4) is 0 Å². The number of ether oxygens (including phenoxy) is 3. The van der Waals surface area contributed by atoms with Gasteiger partial charge in [-0.15, -0.1) is 0 Å². The molecule has 0 aliphatic carbocycles. The number of carbonyl (C=O) groups excluding carboxylic acids is 2. The number of methoxy groups -OCH3 is 2. The Morgan fingerprint density at radius 3 is 2.27 bits per heavy atom. The van der Waals surface area contributed by atoms with Gasteiger partial charge in [0.25, 0.3) is 5.91 Å². The molecule has 1 heterocycles. The minimum atomic E-state index is -0.635. The standard InChI is InChI=1S/C25H29N3O5/c1-25(2,3)33-22(29)16-27(4)24(30)19-15-28(18-10-8-7-9-11-18)26-23(19)17-12-13-20(31-5)21(14-17)32-6/h7-15H,16H2,1-6H3. The molecule has 8 nitrogen and oxygen atoms in total. The Hall–Kier alpha value is -3.81. The fraction of sp³-hybridized carbons (Fsp3) is 0.320. The van der Waals surface area contributed by atoms with Gasteiger partial charge in [-0.05, 0) is 51.1 Å². The molecule has 0 radical (unpaired) electrons. The first-order valence-corrected chi connectivity index (χ1v) is 10.5. The van der Waals surface area contributed by atoms with Crippen LogP contribution in [0.25, 0.3) is 16.9 Å². The zero-order valence-corrected chi connectivity index (χ0v) is 19.8. The van der Waals surface area contributed by atoms with Gasteiger partial charge >= 0.3 is 5.97 Å². The summed E-state index contributed by atoms with van der Waals surface area (Å²) in [5, 5.41) is 4.68. The summed E-state index contributed by atoms with van der Waals surface area (Å²) in [6, 6.07) is 14.8. The smallest absolute Gasteiger partial charge is 0.326 e. The minimum absolute atomic E-state index is 0.183. The van der Waals surface area contributed by atoms with Crippen molar-refractivity contribution in [3.63, 3.8) is 0 Å². The zero-order chi connectivity index (χ0) is 24.2. The number of carbonyl (C=O) groups is 2. The molecular weight excluding hydrogens is 422 g/mol. The van der Waals surface area contributed by atoms with Crippen molar-refractivity contribution in [3.05, 3.63) is 60.3 Å². The van der Waals surface area contributed by atoms with Gasteiger partial charge in [-0.1, -0.05) is 18.2 Å². The molecule has 0 fully saturated rings. The summed E-state index contributed by atoms with van der Waals surface area (Å²) in [5.74, 6) is 0.248. The quantitative estimate of drug-likeness (QED) is 0.506. The van der Waals surface area contributed by atoms with Gasteiger partial charge in [0.1, 0.15) is 17.8 Å². The lowest BCUT2D eigenvalue weighted by molar-refractivity contribution is -0.155. The number of hydrogen-bond donors (Lipinski definition) is 0. The Labute approximate surface area is 193 Å². The number of hydrogen-bond acceptors (Lipinski definition) is 6. The lowest BCUT2D eigenvalue weighted by Crippen LogP contribution is -2.36. The average Bonchev–Trinajstić information content (AvgIpc) is 3.22. The molecule has 0 aliphatic rings. The molecule has 174 valence electrons. The average molecular weight is 452 g/mol. The molecule has 2 aromatic carbocycles. The summed E-state index contributed by atoms with van der Waals surface area (Å²) in [6.45, 7) is 5.17. The van der Waals surface area contributed by atoms with Crippen molar-refractivity contribution in [3.8, 4) is 28.4 Å². The van der Waals surface area contributed by atoms with Crippen molar-refractivity contribution in [1.29, 1.82) is 0 Å². The van der Waals surface area contributed by atoms with Crippen molar-refractivity contribution in [1.82, 2.24) is 14.7 Å². The molecule has 0 spiro atoms. The number of benzene rings is 2. The summed E-state index contributed by atoms with van der Waals surface area (Å²) >= 11 is 0. The zero-order valence-electron chi connectivity index (χ0n) is 19.8. The molecule has 0 N–H and O–H groups in total. The van der Waals surface area contributed by atoms with Crippen LogP contribution in [-0.2, 0) is 9.53 Å². The molecule has 0 aliphatic heterocycles. The number of para-hydroxylation sites is 1. The van der Waals surface area contributed by atoms with Gasteiger partial charge < -0.3 is 19.1 Å². The van der Waals surface area contributed by atoms with Crippen LogP contribution in [-0.4, -0.2) is 60.0 Å². The van der Waals surface area contributed by atoms with Gasteiger partial charge in [-0.25, -0.2) is 4.68 Å². The highest BCUT2D eigenvalue weighted by Gasteiger charge is 2.25. The number of amides is 1. The Morgan fingerprint density at radius 2 is 1.67 bits per heavy atom. The first kappa shape index (κ1) is 23.8. The number of aromatic nitrogens is 2. The third kappa shape index (κ3) is 5.71. The molecule has 0 unspecified atom stereocenters. The number of rotatable bonds is 7. The van der Waals surface area contributed by atoms with Crippen LogP contribution < -0.4 is 9.47 Å². The highest BCUT2D eigenvalue weighted by Crippen LogP contribution is 2.33. The molecule has 0 atom stereocenters. The third-order valence-electron chi connectivity index (χ3n) is 4.76. The second-order valence-electron chi connectivity index (χ2n) is 8.49. The maximum absolute atomic E-state index is 13.4. The minimum Gasteiger partial charge on any atom is -0.493 e. The second kappa shape index (κ2) is 9.77. The number of nitrogens with zero attached hydrogens (tertiary/aromatic N) is 3. The van der Waals surface area contributed by atoms with Crippen molar-refractivity contribution in [2.45, 2.75) is 26.4 Å². The molecule has 3 aromatic rings. The first-order valence-electron chi connectivity index (χ1n) is 10.5. The highest BCUT2D eigenvalue weighted by atomic mass is 16.6. The SMILES string of the molecule is COc1ccc(-c2nn(-c3ccccc3)cc2C(=O)N(C)CC(=O)OC(C)(C)C)cc1OC. The molecule has 8 heteroatoms. The van der Waals surface area contributed by atoms with E-state index in [1.54, 1.807) is 65.0 Å². The van der Waals surface area contributed by atoms with Gasteiger partial charge in [0, 0.05) is 18.8 Å². The Balaban J connectivity index is 2.02. The maximum atomic E-state index is 13.4. The van der Waals surface area contributed by atoms with E-state index < -0.39 is 11.6 Å². The molecule has 1 aromatic heterocycles. The molecule has 33 heavy (non-hydrogen) atoms. The van der Waals surface area contributed by atoms with E-state index in [1.165, 1.54) is 4.90 Å². The van der Waals surface area contributed by atoms with E-state index >= 15 is 0 Å². The fourth-order valence-electron chi connectivity index (χ4n) is 3.29. The van der Waals surface area contributed by atoms with Crippen molar-refractivity contribution >= 4 is 11.9 Å². The lowest BCUT2D eigenvalue weighted by Gasteiger charge is -2.22. The van der Waals surface area contributed by atoms with Gasteiger partial charge in [-0.3, -0.25) is 9.59 Å². The molecule has 1 amide bonds. The van der Waals surface area contributed by atoms with Crippen molar-refractivity contribution < 1.29 is 23.8 Å². The van der Waals surface area contributed by atoms with Crippen LogP contribution in [0.15, 0.2) is 54.7 Å². The van der Waals surface area contributed by atoms with E-state index in [1.807, 2.05) is 36.4 Å². The molecule has 0 saturated carbocycles. The van der Waals surface area contributed by atoms with Gasteiger partial charge in [-0.2, -0.15) is 5.10 Å². The van der Waals surface area contributed by atoms with E-state index in [9.17, 15) is 9.59 Å². The summed E-state index contributed by atoms with van der Waals surface area (Å²) in [7, 11) is 4.66. The highest BCUT2D eigenvalue weighted by molar-refractivity contribution is 6.01. The second-order valence-corrected chi connectivity index (χ2v) is 8.49. The van der Waals surface area contributed by atoms with Crippen LogP contribution >= 0.6 is 0 Å². The largest absolute Gasteiger partial charge is 0.493 e. The van der Waals surface area contributed by atoms with E-state index in [4.69, 9.17) is 14.2 Å². The third-order valence-corrected chi connectivity index (χ3v) is 4.76. The summed E-state index contributed by atoms with van der Waals surface area (Å²) in [5.41, 5.74) is 1.65. The fourth-order valence-corrected chi connectivity index (χ4v) is 3.29. The Kier molecular flexibility index (Phi) is 7.06. The van der Waals surface area contributed by atoms with E-state index in [2.05, 4.69) is 5.10 Å². The predicted molar refractivity (Wildman–Crippen MR) is 125 cm³/mol. The summed E-state index contributed by atoms with van der Waals surface area (Å²) in [6.07, 6.45) is 1.66. The molecule has 3 rings (SSSR count). The van der Waals surface area contributed by atoms with Crippen LogP contribution in [0.2, 0.25) is 0 Å². The molecular formula is C25H29N3O5. The monoisotopic (exact) mass is 451 g/mol. The van der Waals surface area contributed by atoms with E-state index in [0.29, 0.717) is 28.3 Å². The Bertz CT molecular complexity index is 1130. The number of likely N-dealkylation sites (N-methyl/N-ethyl adjacent to an activating group) is 1. The van der Waals surface area contributed by atoms with E-state index in [0.717, 1.165) is 5.69 Å². The topological polar surface area (TPSA) is 82.9 Å². The molecule has 0 bridgehead atoms. The van der Waals surface area contributed by atoms with Crippen LogP contribution in [0.5, 0.6) is 11.5 Å². The van der Waals surface area contributed by atoms with Crippen molar-refractivity contribution in [2.75, 3.05) is 27.8 Å². The maximum Gasteiger partial charge on any atom is 0.326 e. The predicted octanol–water partition coefficient (Wildman–Crippen LogP) is 3.97. The van der Waals surface area contributed by atoms with E-state index in [-0.39, 0.29) is 12.5 Å². The summed E-state index contributed by atoms with van der Waals surface area (Å²) in [4.78, 5) is 27.0. The van der Waals surface area contributed by atoms with Crippen molar-refractivity contribution in [2.24, 2.45) is 0 Å². The van der Waals surface area contributed by atoms with Crippen LogP contribution in [0, 0.1) is 0 Å². The number of esters is 1. The Morgan fingerprint density at radius 1 is 1.00 bits per heavy atom. The normalized spacial score (nSPS) is 11.1.